The highest BCUT2D eigenvalue weighted by Crippen LogP contribution is 2.44. The smallest absolute Gasteiger partial charge is 0.122 e. The predicted octanol–water partition coefficient (Wildman–Crippen LogP) is 2.59. The molecule has 0 bridgehead atoms. The van der Waals surface area contributed by atoms with Gasteiger partial charge in [-0.3, -0.25) is 0 Å². The Labute approximate surface area is 103 Å². The molecule has 3 heteroatoms. The molecular formula is C14H21NO2. The Balaban J connectivity index is 2.00. The van der Waals surface area contributed by atoms with E-state index in [4.69, 9.17) is 9.47 Å². The van der Waals surface area contributed by atoms with Crippen molar-refractivity contribution in [2.24, 2.45) is 5.41 Å². The highest BCUT2D eigenvalue weighted by Gasteiger charge is 2.44. The van der Waals surface area contributed by atoms with Crippen LogP contribution in [0.25, 0.3) is 0 Å². The summed E-state index contributed by atoms with van der Waals surface area (Å²) in [5.41, 5.74) is 1.66. The first-order chi connectivity index (χ1) is 8.05. The molecule has 1 aromatic carbocycles. The molecule has 0 aromatic heterocycles. The van der Waals surface area contributed by atoms with Gasteiger partial charge in [0.05, 0.1) is 14.2 Å². The summed E-state index contributed by atoms with van der Waals surface area (Å²) in [6.07, 6.45) is 1.26. The molecule has 1 saturated carbocycles. The van der Waals surface area contributed by atoms with E-state index in [2.05, 4.69) is 19.2 Å². The Hall–Kier alpha value is -1.22. The van der Waals surface area contributed by atoms with Gasteiger partial charge in [0.15, 0.2) is 0 Å². The summed E-state index contributed by atoms with van der Waals surface area (Å²) < 4.78 is 10.5. The van der Waals surface area contributed by atoms with E-state index in [1.165, 1.54) is 12.0 Å². The van der Waals surface area contributed by atoms with Crippen molar-refractivity contribution in [1.29, 1.82) is 0 Å². The molecule has 0 radical (unpaired) electrons. The minimum absolute atomic E-state index is 0.461. The number of rotatable bonds is 5. The van der Waals surface area contributed by atoms with Gasteiger partial charge in [-0.25, -0.2) is 0 Å². The van der Waals surface area contributed by atoms with Crippen LogP contribution >= 0.6 is 0 Å². The highest BCUT2D eigenvalue weighted by molar-refractivity contribution is 5.38. The summed E-state index contributed by atoms with van der Waals surface area (Å²) in [5.74, 6) is 1.69. The van der Waals surface area contributed by atoms with Gasteiger partial charge in [0.1, 0.15) is 11.5 Å². The van der Waals surface area contributed by atoms with E-state index in [1.807, 2.05) is 18.2 Å². The van der Waals surface area contributed by atoms with Crippen molar-refractivity contribution < 1.29 is 9.47 Å². The summed E-state index contributed by atoms with van der Waals surface area (Å²) in [5, 5.41) is 3.55. The lowest BCUT2D eigenvalue weighted by Gasteiger charge is -2.10. The van der Waals surface area contributed by atoms with Gasteiger partial charge in [0.25, 0.3) is 0 Å². The molecule has 0 heterocycles. The lowest BCUT2D eigenvalue weighted by atomic mass is 10.1. The zero-order valence-electron chi connectivity index (χ0n) is 11.0. The Kier molecular flexibility index (Phi) is 3.29. The first-order valence-corrected chi connectivity index (χ1v) is 6.00. The first kappa shape index (κ1) is 12.2. The van der Waals surface area contributed by atoms with E-state index in [-0.39, 0.29) is 0 Å². The van der Waals surface area contributed by atoms with Gasteiger partial charge in [-0.2, -0.15) is 0 Å². The lowest BCUT2D eigenvalue weighted by Crippen LogP contribution is -2.19. The summed E-state index contributed by atoms with van der Waals surface area (Å²) in [6.45, 7) is 5.44. The number of nitrogens with one attached hydrogen (secondary N) is 1. The molecule has 0 saturated heterocycles. The number of ether oxygens (including phenoxy) is 2. The summed E-state index contributed by atoms with van der Waals surface area (Å²) in [6, 6.07) is 6.63. The zero-order valence-corrected chi connectivity index (χ0v) is 11.0. The molecule has 0 aliphatic heterocycles. The van der Waals surface area contributed by atoms with Gasteiger partial charge in [0.2, 0.25) is 0 Å². The third-order valence-electron chi connectivity index (χ3n) is 3.48. The van der Waals surface area contributed by atoms with Crippen molar-refractivity contribution >= 4 is 0 Å². The van der Waals surface area contributed by atoms with Crippen LogP contribution in [0.2, 0.25) is 0 Å². The largest absolute Gasteiger partial charge is 0.497 e. The average Bonchev–Trinajstić information content (AvgIpc) is 2.94. The summed E-state index contributed by atoms with van der Waals surface area (Å²) >= 11 is 0. The molecule has 0 spiro atoms. The molecule has 1 unspecified atom stereocenters. The van der Waals surface area contributed by atoms with Crippen molar-refractivity contribution in [3.05, 3.63) is 23.8 Å². The van der Waals surface area contributed by atoms with Crippen LogP contribution in [0.5, 0.6) is 11.5 Å². The maximum atomic E-state index is 5.25. The third-order valence-corrected chi connectivity index (χ3v) is 3.48. The third kappa shape index (κ3) is 2.91. The van der Waals surface area contributed by atoms with Gasteiger partial charge in [0, 0.05) is 18.7 Å². The second-order valence-corrected chi connectivity index (χ2v) is 5.35. The van der Waals surface area contributed by atoms with E-state index in [0.29, 0.717) is 11.5 Å². The van der Waals surface area contributed by atoms with Crippen LogP contribution in [-0.4, -0.2) is 20.3 Å². The maximum absolute atomic E-state index is 5.25. The quantitative estimate of drug-likeness (QED) is 0.851. The SMILES string of the molecule is COc1cc(CNC2CC2(C)C)cc(OC)c1. The molecule has 1 atom stereocenters. The topological polar surface area (TPSA) is 30.5 Å². The summed E-state index contributed by atoms with van der Waals surface area (Å²) in [4.78, 5) is 0. The van der Waals surface area contributed by atoms with Crippen LogP contribution in [-0.2, 0) is 6.54 Å². The number of hydrogen-bond acceptors (Lipinski definition) is 3. The zero-order chi connectivity index (χ0) is 12.5. The Morgan fingerprint density at radius 3 is 2.12 bits per heavy atom. The minimum atomic E-state index is 0.461. The molecule has 1 aromatic rings. The molecule has 1 fully saturated rings. The van der Waals surface area contributed by atoms with Crippen LogP contribution in [0.15, 0.2) is 18.2 Å². The van der Waals surface area contributed by atoms with Gasteiger partial charge >= 0.3 is 0 Å². The van der Waals surface area contributed by atoms with Gasteiger partial charge in [-0.15, -0.1) is 0 Å². The van der Waals surface area contributed by atoms with E-state index in [9.17, 15) is 0 Å². The van der Waals surface area contributed by atoms with Crippen molar-refractivity contribution in [1.82, 2.24) is 5.32 Å². The van der Waals surface area contributed by atoms with Crippen molar-refractivity contribution in [3.8, 4) is 11.5 Å². The fourth-order valence-electron chi connectivity index (χ4n) is 2.03. The predicted molar refractivity (Wildman–Crippen MR) is 68.6 cm³/mol. The normalized spacial score (nSPS) is 21.1. The minimum Gasteiger partial charge on any atom is -0.497 e. The fourth-order valence-corrected chi connectivity index (χ4v) is 2.03. The van der Waals surface area contributed by atoms with Crippen LogP contribution < -0.4 is 14.8 Å². The Morgan fingerprint density at radius 2 is 1.71 bits per heavy atom. The van der Waals surface area contributed by atoms with Crippen LogP contribution in [0.1, 0.15) is 25.8 Å². The van der Waals surface area contributed by atoms with Crippen LogP contribution in [0.4, 0.5) is 0 Å². The Bertz CT molecular complexity index is 379. The molecule has 1 aliphatic carbocycles. The molecule has 2 rings (SSSR count). The molecule has 17 heavy (non-hydrogen) atoms. The van der Waals surface area contributed by atoms with Gasteiger partial charge in [-0.1, -0.05) is 13.8 Å². The monoisotopic (exact) mass is 235 g/mol. The van der Waals surface area contributed by atoms with E-state index in [0.717, 1.165) is 18.0 Å². The molecular weight excluding hydrogens is 214 g/mol. The van der Waals surface area contributed by atoms with Gasteiger partial charge in [-0.05, 0) is 29.5 Å². The highest BCUT2D eigenvalue weighted by atomic mass is 16.5. The van der Waals surface area contributed by atoms with Crippen molar-refractivity contribution in [3.63, 3.8) is 0 Å². The second kappa shape index (κ2) is 4.57. The standard InChI is InChI=1S/C14H21NO2/c1-14(2)8-13(14)15-9-10-5-11(16-3)7-12(6-10)17-4/h5-7,13,15H,8-9H2,1-4H3. The molecule has 94 valence electrons. The maximum Gasteiger partial charge on any atom is 0.122 e. The van der Waals surface area contributed by atoms with Crippen LogP contribution in [0.3, 0.4) is 0 Å². The molecule has 0 amide bonds. The number of methoxy groups -OCH3 is 2. The molecule has 1 aliphatic rings. The number of benzene rings is 1. The molecule has 3 nitrogen and oxygen atoms in total. The van der Waals surface area contributed by atoms with E-state index >= 15 is 0 Å². The van der Waals surface area contributed by atoms with Gasteiger partial charge < -0.3 is 14.8 Å². The summed E-state index contributed by atoms with van der Waals surface area (Å²) in [7, 11) is 3.35. The number of hydrogen-bond donors (Lipinski definition) is 1. The van der Waals surface area contributed by atoms with Crippen molar-refractivity contribution in [2.75, 3.05) is 14.2 Å². The first-order valence-electron chi connectivity index (χ1n) is 6.00. The van der Waals surface area contributed by atoms with E-state index < -0.39 is 0 Å². The Morgan fingerprint density at radius 1 is 1.18 bits per heavy atom. The lowest BCUT2D eigenvalue weighted by molar-refractivity contribution is 0.393. The van der Waals surface area contributed by atoms with Crippen LogP contribution in [0, 0.1) is 5.41 Å². The average molecular weight is 235 g/mol. The second-order valence-electron chi connectivity index (χ2n) is 5.35. The fraction of sp³-hybridized carbons (Fsp3) is 0.571. The van der Waals surface area contributed by atoms with Crippen molar-refractivity contribution in [2.45, 2.75) is 32.9 Å². The molecule has 1 N–H and O–H groups in total. The van der Waals surface area contributed by atoms with E-state index in [1.54, 1.807) is 14.2 Å².